The lowest BCUT2D eigenvalue weighted by molar-refractivity contribution is 0.598. The van der Waals surface area contributed by atoms with Crippen molar-refractivity contribution in [1.82, 2.24) is 4.57 Å². The summed E-state index contributed by atoms with van der Waals surface area (Å²) in [6, 6.07) is 22.4. The first kappa shape index (κ1) is 18.2. The zero-order valence-corrected chi connectivity index (χ0v) is 17.0. The van der Waals surface area contributed by atoms with E-state index in [4.69, 9.17) is 11.6 Å². The molecule has 0 saturated carbocycles. The van der Waals surface area contributed by atoms with Gasteiger partial charge in [0.2, 0.25) is 4.80 Å². The van der Waals surface area contributed by atoms with Gasteiger partial charge in [0.15, 0.2) is 0 Å². The number of nitrogens with zero attached hydrogens (tertiary/aromatic N) is 2. The third kappa shape index (κ3) is 3.77. The number of hydrogen-bond acceptors (Lipinski definition) is 4. The topological polar surface area (TPSA) is 51.4 Å². The van der Waals surface area contributed by atoms with E-state index in [0.29, 0.717) is 9.14 Å². The van der Waals surface area contributed by atoms with Gasteiger partial charge < -0.3 is 0 Å². The van der Waals surface area contributed by atoms with Crippen LogP contribution in [0.3, 0.4) is 0 Å². The molecule has 27 heavy (non-hydrogen) atoms. The van der Waals surface area contributed by atoms with Crippen molar-refractivity contribution in [2.24, 2.45) is 4.40 Å². The number of halogens is 1. The van der Waals surface area contributed by atoms with Crippen molar-refractivity contribution in [2.45, 2.75) is 4.21 Å². The minimum absolute atomic E-state index is 0.127. The number of rotatable bonds is 4. The monoisotopic (exact) mass is 432 g/mol. The normalized spacial score (nSPS) is 12.4. The summed E-state index contributed by atoms with van der Waals surface area (Å²) in [6.07, 6.45) is 0. The van der Waals surface area contributed by atoms with Gasteiger partial charge in [0.05, 0.1) is 10.0 Å². The molecule has 0 N–H and O–H groups in total. The molecule has 0 aliphatic rings. The molecule has 4 rings (SSSR count). The number of benzene rings is 2. The number of thiophene rings is 1. The fraction of sp³-hybridized carbons (Fsp3) is 0. The average Bonchev–Trinajstić information content (AvgIpc) is 3.30. The van der Waals surface area contributed by atoms with Crippen molar-refractivity contribution in [3.05, 3.63) is 87.3 Å². The molecule has 0 amide bonds. The lowest BCUT2D eigenvalue weighted by Crippen LogP contribution is -2.16. The smallest absolute Gasteiger partial charge is 0.284 e. The highest BCUT2D eigenvalue weighted by molar-refractivity contribution is 7.92. The Morgan fingerprint density at radius 1 is 0.889 bits per heavy atom. The molecule has 0 aliphatic heterocycles. The van der Waals surface area contributed by atoms with Crippen LogP contribution in [0.4, 0.5) is 0 Å². The maximum atomic E-state index is 12.7. The average molecular weight is 433 g/mol. The molecule has 8 heteroatoms. The van der Waals surface area contributed by atoms with Crippen molar-refractivity contribution < 1.29 is 8.42 Å². The molecule has 0 radical (unpaired) electrons. The molecule has 0 spiro atoms. The van der Waals surface area contributed by atoms with E-state index in [1.807, 2.05) is 70.6 Å². The second kappa shape index (κ2) is 7.44. The number of sulfonamides is 1. The van der Waals surface area contributed by atoms with E-state index in [1.165, 1.54) is 17.4 Å². The maximum absolute atomic E-state index is 12.7. The molecule has 2 aromatic heterocycles. The molecule has 0 bridgehead atoms. The fourth-order valence-electron chi connectivity index (χ4n) is 2.60. The number of thiazole rings is 1. The third-order valence-electron chi connectivity index (χ3n) is 3.79. The number of aromatic nitrogens is 1. The molecule has 2 aromatic carbocycles. The SMILES string of the molecule is O=S(=O)(/N=c1/scc(-c2ccccc2)n1-c1ccccc1)c1ccc(Cl)s1. The molecule has 0 aliphatic carbocycles. The first-order chi connectivity index (χ1) is 13.0. The molecule has 4 nitrogen and oxygen atoms in total. The predicted octanol–water partition coefficient (Wildman–Crippen LogP) is 5.21. The molecule has 4 aromatic rings. The quantitative estimate of drug-likeness (QED) is 0.444. The Kier molecular flexibility index (Phi) is 5.01. The first-order valence-electron chi connectivity index (χ1n) is 7.92. The van der Waals surface area contributed by atoms with Crippen molar-refractivity contribution >= 4 is 44.3 Å². The minimum atomic E-state index is -3.84. The van der Waals surface area contributed by atoms with Gasteiger partial charge in [-0.2, -0.15) is 8.42 Å². The van der Waals surface area contributed by atoms with Gasteiger partial charge in [0.25, 0.3) is 10.0 Å². The van der Waals surface area contributed by atoms with Gasteiger partial charge >= 0.3 is 0 Å². The molecule has 0 saturated heterocycles. The van der Waals surface area contributed by atoms with Crippen molar-refractivity contribution in [2.75, 3.05) is 0 Å². The second-order valence-electron chi connectivity index (χ2n) is 5.57. The van der Waals surface area contributed by atoms with Crippen LogP contribution >= 0.6 is 34.3 Å². The van der Waals surface area contributed by atoms with Gasteiger partial charge in [-0.1, -0.05) is 60.1 Å². The Morgan fingerprint density at radius 3 is 2.19 bits per heavy atom. The van der Waals surface area contributed by atoms with Crippen LogP contribution in [0.2, 0.25) is 4.34 Å². The maximum Gasteiger partial charge on any atom is 0.294 e. The zero-order valence-electron chi connectivity index (χ0n) is 13.8. The predicted molar refractivity (Wildman–Crippen MR) is 111 cm³/mol. The van der Waals surface area contributed by atoms with Gasteiger partial charge in [-0.3, -0.25) is 4.57 Å². The Balaban J connectivity index is 1.96. The molecule has 0 unspecified atom stereocenters. The van der Waals surface area contributed by atoms with E-state index in [-0.39, 0.29) is 4.21 Å². The van der Waals surface area contributed by atoms with Crippen molar-refractivity contribution in [3.8, 4) is 16.9 Å². The molecule has 0 atom stereocenters. The second-order valence-corrected chi connectivity index (χ2v) is 9.95. The van der Waals surface area contributed by atoms with Crippen LogP contribution in [-0.4, -0.2) is 13.0 Å². The van der Waals surface area contributed by atoms with E-state index in [1.54, 1.807) is 6.07 Å². The third-order valence-corrected chi connectivity index (χ3v) is 7.70. The molecule has 136 valence electrons. The van der Waals surface area contributed by atoms with E-state index in [0.717, 1.165) is 28.3 Å². The Bertz CT molecular complexity index is 1240. The summed E-state index contributed by atoms with van der Waals surface area (Å²) in [5.41, 5.74) is 2.70. The van der Waals surface area contributed by atoms with Crippen LogP contribution in [0.5, 0.6) is 0 Å². The molecular formula is C19H13ClN2O2S3. The summed E-state index contributed by atoms with van der Waals surface area (Å²) in [5, 5.41) is 1.91. The van der Waals surface area contributed by atoms with Crippen LogP contribution in [0.1, 0.15) is 0 Å². The summed E-state index contributed by atoms with van der Waals surface area (Å²) >= 11 is 8.17. The highest BCUT2D eigenvalue weighted by Gasteiger charge is 2.18. The van der Waals surface area contributed by atoms with E-state index in [2.05, 4.69) is 4.40 Å². The summed E-state index contributed by atoms with van der Waals surface area (Å²) in [6.45, 7) is 0. The lowest BCUT2D eigenvalue weighted by Gasteiger charge is -2.09. The van der Waals surface area contributed by atoms with Crippen molar-refractivity contribution in [1.29, 1.82) is 0 Å². The van der Waals surface area contributed by atoms with Crippen LogP contribution in [0.15, 0.2) is 86.8 Å². The van der Waals surface area contributed by atoms with Gasteiger partial charge in [-0.25, -0.2) is 0 Å². The highest BCUT2D eigenvalue weighted by Crippen LogP contribution is 2.27. The van der Waals surface area contributed by atoms with Gasteiger partial charge in [0.1, 0.15) is 4.21 Å². The summed E-state index contributed by atoms with van der Waals surface area (Å²) in [4.78, 5) is 0.379. The van der Waals surface area contributed by atoms with E-state index in [9.17, 15) is 8.42 Å². The number of para-hydroxylation sites is 1. The van der Waals surface area contributed by atoms with E-state index < -0.39 is 10.0 Å². The van der Waals surface area contributed by atoms with Gasteiger partial charge in [-0.15, -0.1) is 27.1 Å². The summed E-state index contributed by atoms with van der Waals surface area (Å²) < 4.78 is 31.9. The largest absolute Gasteiger partial charge is 0.294 e. The molecule has 0 fully saturated rings. The minimum Gasteiger partial charge on any atom is -0.284 e. The number of hydrogen-bond donors (Lipinski definition) is 0. The van der Waals surface area contributed by atoms with Crippen LogP contribution in [0.25, 0.3) is 16.9 Å². The highest BCUT2D eigenvalue weighted by atomic mass is 35.5. The van der Waals surface area contributed by atoms with Gasteiger partial charge in [-0.05, 0) is 29.8 Å². The summed E-state index contributed by atoms with van der Waals surface area (Å²) in [7, 11) is -3.84. The molecule has 2 heterocycles. The fourth-order valence-corrected chi connectivity index (χ4v) is 6.16. The summed E-state index contributed by atoms with van der Waals surface area (Å²) in [5.74, 6) is 0. The van der Waals surface area contributed by atoms with Gasteiger partial charge in [0, 0.05) is 11.1 Å². The van der Waals surface area contributed by atoms with Crippen LogP contribution < -0.4 is 4.80 Å². The van der Waals surface area contributed by atoms with Crippen LogP contribution in [-0.2, 0) is 10.0 Å². The first-order valence-corrected chi connectivity index (χ1v) is 11.4. The Labute approximate surface area is 169 Å². The standard InChI is InChI=1S/C19H13ClN2O2S3/c20-17-11-12-18(26-17)27(23,24)21-19-22(15-9-5-2-6-10-15)16(13-25-19)14-7-3-1-4-8-14/h1-13H/b21-19+. The Hall–Kier alpha value is -2.19. The Morgan fingerprint density at radius 2 is 1.56 bits per heavy atom. The van der Waals surface area contributed by atoms with Crippen LogP contribution in [0, 0.1) is 0 Å². The zero-order chi connectivity index (χ0) is 18.9. The van der Waals surface area contributed by atoms with E-state index >= 15 is 0 Å². The lowest BCUT2D eigenvalue weighted by atomic mass is 10.1. The van der Waals surface area contributed by atoms with Crippen molar-refractivity contribution in [3.63, 3.8) is 0 Å². The molecular weight excluding hydrogens is 420 g/mol.